The van der Waals surface area contributed by atoms with E-state index in [1.807, 2.05) is 19.2 Å². The number of esters is 1. The summed E-state index contributed by atoms with van der Waals surface area (Å²) in [5.41, 5.74) is 2.18. The molecule has 0 aromatic heterocycles. The molecular weight excluding hydrogens is 280 g/mol. The molecule has 0 bridgehead atoms. The molecule has 1 heterocycles. The first kappa shape index (κ1) is 16.6. The van der Waals surface area contributed by atoms with E-state index in [0.29, 0.717) is 6.54 Å². The predicted octanol–water partition coefficient (Wildman–Crippen LogP) is -0.723. The van der Waals surface area contributed by atoms with Crippen LogP contribution in [0.1, 0.15) is 26.7 Å². The van der Waals surface area contributed by atoms with Gasteiger partial charge in [0.05, 0.1) is 0 Å². The van der Waals surface area contributed by atoms with Gasteiger partial charge >= 0.3 is 12.0 Å². The van der Waals surface area contributed by atoms with Gasteiger partial charge in [0.2, 0.25) is 5.91 Å². The van der Waals surface area contributed by atoms with E-state index in [1.54, 1.807) is 0 Å². The monoisotopic (exact) mass is 298 g/mol. The Labute approximate surface area is 121 Å². The summed E-state index contributed by atoms with van der Waals surface area (Å²) in [6.45, 7) is 3.65. The molecule has 0 aliphatic carbocycles. The molecule has 0 aromatic carbocycles. The summed E-state index contributed by atoms with van der Waals surface area (Å²) in [5, 5.41) is 8.04. The van der Waals surface area contributed by atoms with Gasteiger partial charge in [-0.15, -0.1) is 0 Å². The molecule has 9 heteroatoms. The molecule has 116 valence electrons. The van der Waals surface area contributed by atoms with E-state index in [2.05, 4.69) is 15.8 Å². The van der Waals surface area contributed by atoms with Crippen molar-refractivity contribution in [2.45, 2.75) is 26.7 Å². The Kier molecular flexibility index (Phi) is 6.31. The number of carbonyl (C=O) groups excluding carboxylic acids is 4. The Morgan fingerprint density at radius 2 is 2.05 bits per heavy atom. The van der Waals surface area contributed by atoms with Crippen LogP contribution in [0, 0.1) is 5.92 Å². The Hall–Kier alpha value is -2.45. The van der Waals surface area contributed by atoms with E-state index in [9.17, 15) is 19.2 Å². The molecule has 0 aromatic rings. The van der Waals surface area contributed by atoms with Gasteiger partial charge in [-0.25, -0.2) is 15.0 Å². The van der Waals surface area contributed by atoms with E-state index in [4.69, 9.17) is 4.74 Å². The Bertz CT molecular complexity index is 472. The highest BCUT2D eigenvalue weighted by Gasteiger charge is 2.20. The topological polar surface area (TPSA) is 126 Å². The number of hydrogen-bond acceptors (Lipinski definition) is 6. The molecule has 0 saturated heterocycles. The van der Waals surface area contributed by atoms with Crippen LogP contribution < -0.4 is 16.1 Å². The molecule has 9 nitrogen and oxygen atoms in total. The summed E-state index contributed by atoms with van der Waals surface area (Å²) in [7, 11) is 0. The minimum atomic E-state index is -0.798. The van der Waals surface area contributed by atoms with Gasteiger partial charge in [-0.2, -0.15) is 5.10 Å². The van der Waals surface area contributed by atoms with E-state index < -0.39 is 24.5 Å². The van der Waals surface area contributed by atoms with Crippen molar-refractivity contribution in [2.75, 3.05) is 13.2 Å². The lowest BCUT2D eigenvalue weighted by atomic mass is 10.2. The number of hydrazone groups is 1. The number of amides is 4. The summed E-state index contributed by atoms with van der Waals surface area (Å²) in [6, 6.07) is -0.646. The van der Waals surface area contributed by atoms with Crippen LogP contribution in [0.3, 0.4) is 0 Å². The summed E-state index contributed by atoms with van der Waals surface area (Å²) < 4.78 is 4.69. The summed E-state index contributed by atoms with van der Waals surface area (Å²) in [5.74, 6) is -1.58. The highest BCUT2D eigenvalue weighted by atomic mass is 16.5. The maximum Gasteiger partial charge on any atom is 0.355 e. The first-order chi connectivity index (χ1) is 9.88. The van der Waals surface area contributed by atoms with Crippen LogP contribution in [0.4, 0.5) is 4.79 Å². The van der Waals surface area contributed by atoms with Crippen LogP contribution in [0.2, 0.25) is 0 Å². The van der Waals surface area contributed by atoms with Gasteiger partial charge in [0, 0.05) is 19.4 Å². The number of ether oxygens (including phenoxy) is 1. The van der Waals surface area contributed by atoms with Gasteiger partial charge in [0.25, 0.3) is 5.91 Å². The smallest absolute Gasteiger partial charge is 0.355 e. The van der Waals surface area contributed by atoms with Gasteiger partial charge in [0.15, 0.2) is 6.61 Å². The molecule has 4 amide bonds. The molecule has 0 atom stereocenters. The fourth-order valence-corrected chi connectivity index (χ4v) is 1.34. The van der Waals surface area contributed by atoms with Gasteiger partial charge in [-0.05, 0) is 5.92 Å². The van der Waals surface area contributed by atoms with E-state index in [-0.39, 0.29) is 30.4 Å². The highest BCUT2D eigenvalue weighted by molar-refractivity contribution is 6.37. The van der Waals surface area contributed by atoms with Crippen molar-refractivity contribution < 1.29 is 23.9 Å². The zero-order valence-corrected chi connectivity index (χ0v) is 11.9. The third-order valence-corrected chi connectivity index (χ3v) is 2.40. The normalized spacial score (nSPS) is 14.0. The van der Waals surface area contributed by atoms with Crippen molar-refractivity contribution in [2.24, 2.45) is 11.0 Å². The number of urea groups is 1. The molecule has 1 aliphatic heterocycles. The number of rotatable bonds is 5. The second kappa shape index (κ2) is 7.98. The molecule has 3 N–H and O–H groups in total. The van der Waals surface area contributed by atoms with Crippen molar-refractivity contribution in [3.63, 3.8) is 0 Å². The first-order valence-corrected chi connectivity index (χ1v) is 6.48. The van der Waals surface area contributed by atoms with Crippen LogP contribution in [0.15, 0.2) is 5.10 Å². The molecule has 0 radical (unpaired) electrons. The Balaban J connectivity index is 2.28. The zero-order valence-electron chi connectivity index (χ0n) is 11.9. The fraction of sp³-hybridized carbons (Fsp3) is 0.583. The number of imide groups is 1. The van der Waals surface area contributed by atoms with Crippen molar-refractivity contribution in [3.05, 3.63) is 0 Å². The number of hydrogen-bond donors (Lipinski definition) is 3. The third kappa shape index (κ3) is 6.50. The maximum absolute atomic E-state index is 11.5. The molecule has 0 saturated carbocycles. The minimum absolute atomic E-state index is 0.0339. The standard InChI is InChI=1S/C12H18N4O5/c1-7(2)5-13-12(20)14-10(18)6-21-11(19)8-3-4-9(17)16-15-8/h7H,3-6H2,1-2H3,(H,16,17)(H2,13,14,18,20). The maximum atomic E-state index is 11.5. The molecule has 0 fully saturated rings. The van der Waals surface area contributed by atoms with Crippen molar-refractivity contribution >= 4 is 29.5 Å². The summed E-state index contributed by atoms with van der Waals surface area (Å²) >= 11 is 0. The van der Waals surface area contributed by atoms with Crippen molar-refractivity contribution in [1.82, 2.24) is 16.1 Å². The quantitative estimate of drug-likeness (QED) is 0.577. The van der Waals surface area contributed by atoms with E-state index in [1.165, 1.54) is 0 Å². The second-order valence-corrected chi connectivity index (χ2v) is 4.82. The van der Waals surface area contributed by atoms with Crippen molar-refractivity contribution in [1.29, 1.82) is 0 Å². The summed E-state index contributed by atoms with van der Waals surface area (Å²) in [4.78, 5) is 45.0. The predicted molar refractivity (Wildman–Crippen MR) is 72.2 cm³/mol. The van der Waals surface area contributed by atoms with E-state index >= 15 is 0 Å². The lowest BCUT2D eigenvalue weighted by molar-refractivity contribution is -0.142. The average molecular weight is 298 g/mol. The van der Waals surface area contributed by atoms with Crippen LogP contribution in [-0.2, 0) is 19.1 Å². The number of nitrogens with zero attached hydrogens (tertiary/aromatic N) is 1. The molecule has 1 aliphatic rings. The fourth-order valence-electron chi connectivity index (χ4n) is 1.34. The summed E-state index contributed by atoms with van der Waals surface area (Å²) in [6.07, 6.45) is 0.291. The van der Waals surface area contributed by atoms with Crippen LogP contribution >= 0.6 is 0 Å². The Morgan fingerprint density at radius 3 is 2.62 bits per heavy atom. The number of nitrogens with one attached hydrogen (secondary N) is 3. The molecule has 21 heavy (non-hydrogen) atoms. The van der Waals surface area contributed by atoms with Crippen LogP contribution in [0.25, 0.3) is 0 Å². The lowest BCUT2D eigenvalue weighted by Crippen LogP contribution is -2.43. The minimum Gasteiger partial charge on any atom is -0.451 e. The first-order valence-electron chi connectivity index (χ1n) is 6.48. The van der Waals surface area contributed by atoms with Gasteiger partial charge < -0.3 is 10.1 Å². The Morgan fingerprint density at radius 1 is 1.33 bits per heavy atom. The van der Waals surface area contributed by atoms with Gasteiger partial charge in [-0.3, -0.25) is 14.9 Å². The van der Waals surface area contributed by atoms with Crippen LogP contribution in [-0.4, -0.2) is 42.7 Å². The average Bonchev–Trinajstić information content (AvgIpc) is 2.43. The van der Waals surface area contributed by atoms with E-state index in [0.717, 1.165) is 0 Å². The lowest BCUT2D eigenvalue weighted by Gasteiger charge is -2.11. The molecule has 0 spiro atoms. The van der Waals surface area contributed by atoms with Crippen molar-refractivity contribution in [3.8, 4) is 0 Å². The van der Waals surface area contributed by atoms with Gasteiger partial charge in [-0.1, -0.05) is 13.8 Å². The zero-order chi connectivity index (χ0) is 15.8. The third-order valence-electron chi connectivity index (χ3n) is 2.40. The highest BCUT2D eigenvalue weighted by Crippen LogP contribution is 2.01. The molecule has 0 unspecified atom stereocenters. The van der Waals surface area contributed by atoms with Crippen LogP contribution in [0.5, 0.6) is 0 Å². The number of carbonyl (C=O) groups is 4. The largest absolute Gasteiger partial charge is 0.451 e. The SMILES string of the molecule is CC(C)CNC(=O)NC(=O)COC(=O)C1=NNC(=O)CC1. The molecular formula is C12H18N4O5. The van der Waals surface area contributed by atoms with Gasteiger partial charge in [0.1, 0.15) is 5.71 Å². The molecule has 1 rings (SSSR count). The second-order valence-electron chi connectivity index (χ2n) is 4.82.